The van der Waals surface area contributed by atoms with E-state index in [4.69, 9.17) is 4.42 Å². The Morgan fingerprint density at radius 1 is 1.24 bits per heavy atom. The van der Waals surface area contributed by atoms with Crippen LogP contribution in [0.4, 0.5) is 5.69 Å². The number of amides is 1. The molecular weight excluding hydrogens is 332 g/mol. The molecule has 2 aromatic rings. The topological polar surface area (TPSA) is 45.5 Å². The summed E-state index contributed by atoms with van der Waals surface area (Å²) in [5, 5.41) is 2.98. The molecule has 1 aromatic carbocycles. The van der Waals surface area contributed by atoms with Crippen molar-refractivity contribution in [1.29, 1.82) is 0 Å². The summed E-state index contributed by atoms with van der Waals surface area (Å²) in [6.07, 6.45) is 0. The van der Waals surface area contributed by atoms with Crippen LogP contribution in [-0.2, 0) is 11.3 Å². The highest BCUT2D eigenvalue weighted by molar-refractivity contribution is 9.10. The van der Waals surface area contributed by atoms with Crippen molar-refractivity contribution in [3.8, 4) is 0 Å². The molecule has 4 nitrogen and oxygen atoms in total. The van der Waals surface area contributed by atoms with Gasteiger partial charge in [0.1, 0.15) is 5.76 Å². The van der Waals surface area contributed by atoms with Gasteiger partial charge in [-0.15, -0.1) is 0 Å². The van der Waals surface area contributed by atoms with Crippen molar-refractivity contribution in [2.45, 2.75) is 20.4 Å². The highest BCUT2D eigenvalue weighted by atomic mass is 79.9. The van der Waals surface area contributed by atoms with E-state index < -0.39 is 0 Å². The lowest BCUT2D eigenvalue weighted by Crippen LogP contribution is -2.30. The number of carbonyl (C=O) groups is 1. The fourth-order valence-corrected chi connectivity index (χ4v) is 2.53. The van der Waals surface area contributed by atoms with Gasteiger partial charge >= 0.3 is 0 Å². The fraction of sp³-hybridized carbons (Fsp3) is 0.312. The number of nitrogens with one attached hydrogen (secondary N) is 1. The Hall–Kier alpha value is -1.59. The lowest BCUT2D eigenvalue weighted by molar-refractivity contribution is -0.117. The lowest BCUT2D eigenvalue weighted by Gasteiger charge is -2.16. The van der Waals surface area contributed by atoms with E-state index in [-0.39, 0.29) is 5.91 Å². The average Bonchev–Trinajstić information content (AvgIpc) is 2.79. The molecule has 1 amide bonds. The number of hydrogen-bond acceptors (Lipinski definition) is 3. The number of anilines is 1. The van der Waals surface area contributed by atoms with Crippen molar-refractivity contribution in [1.82, 2.24) is 4.90 Å². The molecule has 0 aliphatic carbocycles. The average molecular weight is 351 g/mol. The Balaban J connectivity index is 1.92. The lowest BCUT2D eigenvalue weighted by atomic mass is 10.1. The first kappa shape index (κ1) is 15.8. The minimum absolute atomic E-state index is 0.0273. The summed E-state index contributed by atoms with van der Waals surface area (Å²) in [5.41, 5.74) is 3.04. The molecule has 5 heteroatoms. The van der Waals surface area contributed by atoms with Crippen LogP contribution in [0.5, 0.6) is 0 Å². The molecule has 0 bridgehead atoms. The van der Waals surface area contributed by atoms with Gasteiger partial charge in [0.2, 0.25) is 5.91 Å². The first-order chi connectivity index (χ1) is 9.95. The Morgan fingerprint density at radius 3 is 2.48 bits per heavy atom. The van der Waals surface area contributed by atoms with E-state index in [1.165, 1.54) is 0 Å². The molecule has 1 aromatic heterocycles. The number of carbonyl (C=O) groups excluding carboxylic acids is 1. The summed E-state index contributed by atoms with van der Waals surface area (Å²) >= 11 is 3.27. The van der Waals surface area contributed by atoms with E-state index >= 15 is 0 Å². The van der Waals surface area contributed by atoms with Gasteiger partial charge in [-0.1, -0.05) is 18.2 Å². The summed E-state index contributed by atoms with van der Waals surface area (Å²) in [7, 11) is 1.89. The third-order valence-electron chi connectivity index (χ3n) is 3.21. The number of hydrogen-bond donors (Lipinski definition) is 1. The van der Waals surface area contributed by atoms with E-state index in [0.717, 1.165) is 22.6 Å². The molecule has 0 saturated carbocycles. The van der Waals surface area contributed by atoms with Crippen molar-refractivity contribution in [3.05, 3.63) is 51.9 Å². The zero-order chi connectivity index (χ0) is 15.4. The molecule has 0 aliphatic rings. The van der Waals surface area contributed by atoms with Gasteiger partial charge in [-0.3, -0.25) is 9.69 Å². The molecule has 0 atom stereocenters. The predicted molar refractivity (Wildman–Crippen MR) is 87.3 cm³/mol. The van der Waals surface area contributed by atoms with Gasteiger partial charge in [0.15, 0.2) is 4.67 Å². The van der Waals surface area contributed by atoms with Crippen molar-refractivity contribution < 1.29 is 9.21 Å². The fourth-order valence-electron chi connectivity index (χ4n) is 2.19. The highest BCUT2D eigenvalue weighted by Crippen LogP contribution is 2.19. The maximum atomic E-state index is 12.1. The van der Waals surface area contributed by atoms with Gasteiger partial charge < -0.3 is 9.73 Å². The molecule has 21 heavy (non-hydrogen) atoms. The second-order valence-corrected chi connectivity index (χ2v) is 5.97. The number of rotatable bonds is 5. The molecule has 0 unspecified atom stereocenters. The van der Waals surface area contributed by atoms with Crippen LogP contribution >= 0.6 is 15.9 Å². The van der Waals surface area contributed by atoms with Gasteiger partial charge in [-0.05, 0) is 60.1 Å². The van der Waals surface area contributed by atoms with Gasteiger partial charge in [0.25, 0.3) is 0 Å². The van der Waals surface area contributed by atoms with Crippen LogP contribution in [0, 0.1) is 13.8 Å². The first-order valence-electron chi connectivity index (χ1n) is 6.74. The Kier molecular flexibility index (Phi) is 5.20. The van der Waals surface area contributed by atoms with Crippen molar-refractivity contribution in [2.75, 3.05) is 18.9 Å². The number of likely N-dealkylation sites (N-methyl/N-ethyl adjacent to an activating group) is 1. The summed E-state index contributed by atoms with van der Waals surface area (Å²) in [6, 6.07) is 9.71. The minimum Gasteiger partial charge on any atom is -0.453 e. The van der Waals surface area contributed by atoms with Gasteiger partial charge in [-0.2, -0.15) is 0 Å². The summed E-state index contributed by atoms with van der Waals surface area (Å²) in [5.74, 6) is 0.796. The maximum absolute atomic E-state index is 12.1. The quantitative estimate of drug-likeness (QED) is 0.893. The molecule has 1 heterocycles. The number of nitrogens with zero attached hydrogens (tertiary/aromatic N) is 1. The molecule has 112 valence electrons. The smallest absolute Gasteiger partial charge is 0.238 e. The van der Waals surface area contributed by atoms with Gasteiger partial charge in [0.05, 0.1) is 13.1 Å². The third kappa shape index (κ3) is 4.44. The summed E-state index contributed by atoms with van der Waals surface area (Å²) in [6.45, 7) is 4.89. The number of benzene rings is 1. The highest BCUT2D eigenvalue weighted by Gasteiger charge is 2.11. The number of para-hydroxylation sites is 1. The van der Waals surface area contributed by atoms with Crippen LogP contribution in [0.1, 0.15) is 16.9 Å². The zero-order valence-electron chi connectivity index (χ0n) is 12.4. The molecule has 1 N–H and O–H groups in total. The first-order valence-corrected chi connectivity index (χ1v) is 7.54. The molecule has 0 saturated heterocycles. The summed E-state index contributed by atoms with van der Waals surface area (Å²) in [4.78, 5) is 14.0. The van der Waals surface area contributed by atoms with Crippen molar-refractivity contribution in [2.24, 2.45) is 0 Å². The van der Waals surface area contributed by atoms with E-state index in [1.807, 2.05) is 56.1 Å². The van der Waals surface area contributed by atoms with Gasteiger partial charge in [0, 0.05) is 5.69 Å². The van der Waals surface area contributed by atoms with Crippen molar-refractivity contribution in [3.63, 3.8) is 0 Å². The van der Waals surface area contributed by atoms with E-state index in [0.29, 0.717) is 17.8 Å². The monoisotopic (exact) mass is 350 g/mol. The molecule has 0 spiro atoms. The Bertz CT molecular complexity index is 617. The molecular formula is C16H19BrN2O2. The number of halogens is 1. The van der Waals surface area contributed by atoms with Crippen LogP contribution in [0.15, 0.2) is 39.4 Å². The summed E-state index contributed by atoms with van der Waals surface area (Å²) < 4.78 is 6.14. The second-order valence-electron chi connectivity index (χ2n) is 5.19. The minimum atomic E-state index is -0.0273. The molecule has 0 radical (unpaired) electrons. The van der Waals surface area contributed by atoms with Crippen LogP contribution < -0.4 is 5.32 Å². The predicted octanol–water partition coefficient (Wildman–Crippen LogP) is 3.73. The zero-order valence-corrected chi connectivity index (χ0v) is 14.0. The SMILES string of the molecule is Cc1cccc(C)c1NC(=O)CN(C)Cc1ccc(Br)o1. The number of aryl methyl sites for hydroxylation is 2. The van der Waals surface area contributed by atoms with E-state index in [2.05, 4.69) is 21.2 Å². The van der Waals surface area contributed by atoms with Crippen LogP contribution in [0.2, 0.25) is 0 Å². The second kappa shape index (κ2) is 6.91. The number of furan rings is 1. The van der Waals surface area contributed by atoms with Crippen LogP contribution in [0.25, 0.3) is 0 Å². The van der Waals surface area contributed by atoms with Gasteiger partial charge in [-0.25, -0.2) is 0 Å². The largest absolute Gasteiger partial charge is 0.453 e. The Morgan fingerprint density at radius 2 is 1.90 bits per heavy atom. The Labute approximate surface area is 133 Å². The normalized spacial score (nSPS) is 10.9. The van der Waals surface area contributed by atoms with Crippen LogP contribution in [0.3, 0.4) is 0 Å². The molecule has 2 rings (SSSR count). The van der Waals surface area contributed by atoms with Crippen molar-refractivity contribution >= 4 is 27.5 Å². The van der Waals surface area contributed by atoms with Crippen LogP contribution in [-0.4, -0.2) is 24.4 Å². The maximum Gasteiger partial charge on any atom is 0.238 e. The standard InChI is InChI=1S/C16H19BrN2O2/c1-11-5-4-6-12(2)16(11)18-15(20)10-19(3)9-13-7-8-14(17)21-13/h4-8H,9-10H2,1-3H3,(H,18,20). The van der Waals surface area contributed by atoms with E-state index in [9.17, 15) is 4.79 Å². The molecule has 0 fully saturated rings. The third-order valence-corrected chi connectivity index (χ3v) is 3.64. The van der Waals surface area contributed by atoms with E-state index in [1.54, 1.807) is 0 Å². The molecule has 0 aliphatic heterocycles.